The van der Waals surface area contributed by atoms with Crippen molar-refractivity contribution in [2.75, 3.05) is 13.7 Å². The van der Waals surface area contributed by atoms with E-state index in [4.69, 9.17) is 9.47 Å². The van der Waals surface area contributed by atoms with Gasteiger partial charge >= 0.3 is 0 Å². The molecule has 0 bridgehead atoms. The Kier molecular flexibility index (Phi) is 2.73. The van der Waals surface area contributed by atoms with Crippen molar-refractivity contribution < 1.29 is 9.47 Å². The SMILES string of the molecule is COc1ccn2cc(C3CCCCO3)nc2c1. The number of hydrogen-bond donors (Lipinski definition) is 0. The quantitative estimate of drug-likeness (QED) is 0.798. The molecule has 0 saturated carbocycles. The van der Waals surface area contributed by atoms with E-state index in [2.05, 4.69) is 4.98 Å². The minimum Gasteiger partial charge on any atom is -0.497 e. The summed E-state index contributed by atoms with van der Waals surface area (Å²) >= 11 is 0. The summed E-state index contributed by atoms with van der Waals surface area (Å²) in [4.78, 5) is 4.60. The summed E-state index contributed by atoms with van der Waals surface area (Å²) in [5.74, 6) is 0.833. The van der Waals surface area contributed by atoms with Gasteiger partial charge < -0.3 is 13.9 Å². The van der Waals surface area contributed by atoms with Crippen molar-refractivity contribution in [2.24, 2.45) is 0 Å². The lowest BCUT2D eigenvalue weighted by Crippen LogP contribution is -2.11. The lowest BCUT2D eigenvalue weighted by atomic mass is 10.1. The minimum absolute atomic E-state index is 0.162. The van der Waals surface area contributed by atoms with Gasteiger partial charge in [0.2, 0.25) is 0 Å². The third-order valence-corrected chi connectivity index (χ3v) is 3.20. The van der Waals surface area contributed by atoms with Gasteiger partial charge in [0.25, 0.3) is 0 Å². The highest BCUT2D eigenvalue weighted by Crippen LogP contribution is 2.27. The average Bonchev–Trinajstić information content (AvgIpc) is 2.82. The minimum atomic E-state index is 0.162. The number of nitrogens with zero attached hydrogens (tertiary/aromatic N) is 2. The zero-order valence-electron chi connectivity index (χ0n) is 9.93. The third kappa shape index (κ3) is 2.00. The van der Waals surface area contributed by atoms with Gasteiger partial charge in [-0.3, -0.25) is 0 Å². The Bertz CT molecular complexity index is 515. The van der Waals surface area contributed by atoms with Crippen molar-refractivity contribution in [1.29, 1.82) is 0 Å². The van der Waals surface area contributed by atoms with E-state index in [9.17, 15) is 0 Å². The van der Waals surface area contributed by atoms with Crippen molar-refractivity contribution in [3.05, 3.63) is 30.2 Å². The Morgan fingerprint density at radius 2 is 2.41 bits per heavy atom. The maximum Gasteiger partial charge on any atom is 0.140 e. The highest BCUT2D eigenvalue weighted by atomic mass is 16.5. The molecule has 90 valence electrons. The molecule has 1 aliphatic rings. The van der Waals surface area contributed by atoms with Crippen molar-refractivity contribution >= 4 is 5.65 Å². The Hall–Kier alpha value is -1.55. The third-order valence-electron chi connectivity index (χ3n) is 3.20. The molecular formula is C13H16N2O2. The van der Waals surface area contributed by atoms with Gasteiger partial charge in [0, 0.05) is 25.1 Å². The molecule has 17 heavy (non-hydrogen) atoms. The normalized spacial score (nSPS) is 20.6. The zero-order chi connectivity index (χ0) is 11.7. The molecule has 1 atom stereocenters. The van der Waals surface area contributed by atoms with Crippen molar-refractivity contribution in [2.45, 2.75) is 25.4 Å². The Balaban J connectivity index is 1.95. The lowest BCUT2D eigenvalue weighted by molar-refractivity contribution is 0.0126. The van der Waals surface area contributed by atoms with Gasteiger partial charge in [0.05, 0.1) is 12.8 Å². The maximum absolute atomic E-state index is 5.74. The summed E-state index contributed by atoms with van der Waals surface area (Å²) in [6.45, 7) is 0.849. The van der Waals surface area contributed by atoms with Gasteiger partial charge in [-0.25, -0.2) is 4.98 Å². The molecule has 0 spiro atoms. The fourth-order valence-electron chi connectivity index (χ4n) is 2.24. The summed E-state index contributed by atoms with van der Waals surface area (Å²) in [6.07, 6.45) is 7.63. The predicted octanol–water partition coefficient (Wildman–Crippen LogP) is 2.58. The van der Waals surface area contributed by atoms with Crippen LogP contribution in [0.4, 0.5) is 0 Å². The number of rotatable bonds is 2. The van der Waals surface area contributed by atoms with Gasteiger partial charge in [0.1, 0.15) is 17.5 Å². The van der Waals surface area contributed by atoms with Crippen LogP contribution in [0.2, 0.25) is 0 Å². The van der Waals surface area contributed by atoms with Gasteiger partial charge in [-0.1, -0.05) is 0 Å². The maximum atomic E-state index is 5.74. The number of ether oxygens (including phenoxy) is 2. The largest absolute Gasteiger partial charge is 0.497 e. The molecule has 4 heteroatoms. The molecule has 2 aromatic rings. The fraction of sp³-hybridized carbons (Fsp3) is 0.462. The van der Waals surface area contributed by atoms with E-state index < -0.39 is 0 Å². The molecule has 1 saturated heterocycles. The lowest BCUT2D eigenvalue weighted by Gasteiger charge is -2.20. The van der Waals surface area contributed by atoms with E-state index in [-0.39, 0.29) is 6.10 Å². The van der Waals surface area contributed by atoms with E-state index in [1.807, 2.05) is 28.9 Å². The van der Waals surface area contributed by atoms with Crippen molar-refractivity contribution in [3.63, 3.8) is 0 Å². The average molecular weight is 232 g/mol. The number of fused-ring (bicyclic) bond motifs is 1. The summed E-state index contributed by atoms with van der Waals surface area (Å²) in [5.41, 5.74) is 1.94. The first kappa shape index (κ1) is 10.6. The fourth-order valence-corrected chi connectivity index (χ4v) is 2.24. The number of hydrogen-bond acceptors (Lipinski definition) is 3. The zero-order valence-corrected chi connectivity index (χ0v) is 9.93. The van der Waals surface area contributed by atoms with Crippen LogP contribution in [-0.2, 0) is 4.74 Å². The van der Waals surface area contributed by atoms with Crippen LogP contribution in [0.5, 0.6) is 5.75 Å². The van der Waals surface area contributed by atoms with Crippen LogP contribution in [0, 0.1) is 0 Å². The Labute approximate surface area is 100 Å². The molecule has 3 heterocycles. The molecular weight excluding hydrogens is 216 g/mol. The molecule has 0 aromatic carbocycles. The molecule has 1 unspecified atom stereocenters. The molecule has 3 rings (SSSR count). The first-order chi connectivity index (χ1) is 8.36. The van der Waals surface area contributed by atoms with Gasteiger partial charge in [-0.05, 0) is 25.3 Å². The molecule has 1 aliphatic heterocycles. The molecule has 2 aromatic heterocycles. The summed E-state index contributed by atoms with van der Waals surface area (Å²) in [6, 6.07) is 3.87. The second-order valence-electron chi connectivity index (χ2n) is 4.35. The summed E-state index contributed by atoms with van der Waals surface area (Å²) < 4.78 is 12.9. The number of pyridine rings is 1. The van der Waals surface area contributed by atoms with Crippen LogP contribution in [0.3, 0.4) is 0 Å². The van der Waals surface area contributed by atoms with E-state index >= 15 is 0 Å². The Morgan fingerprint density at radius 1 is 1.47 bits per heavy atom. The number of methoxy groups -OCH3 is 1. The molecule has 0 radical (unpaired) electrons. The topological polar surface area (TPSA) is 35.8 Å². The van der Waals surface area contributed by atoms with Crippen LogP contribution in [0.15, 0.2) is 24.5 Å². The smallest absolute Gasteiger partial charge is 0.140 e. The van der Waals surface area contributed by atoms with Crippen LogP contribution < -0.4 is 4.74 Å². The van der Waals surface area contributed by atoms with E-state index in [1.54, 1.807) is 7.11 Å². The van der Waals surface area contributed by atoms with Crippen molar-refractivity contribution in [3.8, 4) is 5.75 Å². The van der Waals surface area contributed by atoms with Gasteiger partial charge in [-0.2, -0.15) is 0 Å². The summed E-state index contributed by atoms with van der Waals surface area (Å²) in [5, 5.41) is 0. The standard InChI is InChI=1S/C13H16N2O2/c1-16-10-5-6-15-9-11(14-13(15)8-10)12-4-2-3-7-17-12/h5-6,8-9,12H,2-4,7H2,1H3. The van der Waals surface area contributed by atoms with E-state index in [1.165, 1.54) is 6.42 Å². The van der Waals surface area contributed by atoms with Gasteiger partial charge in [-0.15, -0.1) is 0 Å². The molecule has 4 nitrogen and oxygen atoms in total. The highest BCUT2D eigenvalue weighted by Gasteiger charge is 2.18. The first-order valence-corrected chi connectivity index (χ1v) is 6.01. The summed E-state index contributed by atoms with van der Waals surface area (Å²) in [7, 11) is 1.67. The second kappa shape index (κ2) is 4.37. The first-order valence-electron chi connectivity index (χ1n) is 6.01. The highest BCUT2D eigenvalue weighted by molar-refractivity contribution is 5.45. The predicted molar refractivity (Wildman–Crippen MR) is 64.3 cm³/mol. The van der Waals surface area contributed by atoms with E-state index in [0.717, 1.165) is 36.5 Å². The van der Waals surface area contributed by atoms with Crippen molar-refractivity contribution in [1.82, 2.24) is 9.38 Å². The van der Waals surface area contributed by atoms with E-state index in [0.29, 0.717) is 0 Å². The number of imidazole rings is 1. The van der Waals surface area contributed by atoms with Gasteiger partial charge in [0.15, 0.2) is 0 Å². The molecule has 1 fully saturated rings. The van der Waals surface area contributed by atoms with Crippen LogP contribution in [0.25, 0.3) is 5.65 Å². The molecule has 0 amide bonds. The second-order valence-corrected chi connectivity index (χ2v) is 4.35. The molecule has 0 aliphatic carbocycles. The molecule has 0 N–H and O–H groups in total. The van der Waals surface area contributed by atoms with Crippen LogP contribution >= 0.6 is 0 Å². The monoisotopic (exact) mass is 232 g/mol. The van der Waals surface area contributed by atoms with Crippen LogP contribution in [0.1, 0.15) is 31.1 Å². The number of aromatic nitrogens is 2. The Morgan fingerprint density at radius 3 is 3.18 bits per heavy atom. The van der Waals surface area contributed by atoms with Crippen LogP contribution in [-0.4, -0.2) is 23.1 Å².